The summed E-state index contributed by atoms with van der Waals surface area (Å²) in [4.78, 5) is 11.9. The van der Waals surface area contributed by atoms with Crippen LogP contribution in [0.25, 0.3) is 0 Å². The Hall–Kier alpha value is -2.38. The molecule has 0 saturated carbocycles. The number of hydrogen-bond acceptors (Lipinski definition) is 4. The average Bonchev–Trinajstić information content (AvgIpc) is 2.55. The smallest absolute Gasteiger partial charge is 0.264 e. The highest BCUT2D eigenvalue weighted by Gasteiger charge is 2.28. The van der Waals surface area contributed by atoms with Gasteiger partial charge in [-0.05, 0) is 50.1 Å². The van der Waals surface area contributed by atoms with E-state index in [0.29, 0.717) is 5.69 Å². The van der Waals surface area contributed by atoms with E-state index in [1.54, 1.807) is 25.1 Å². The molecule has 0 heterocycles. The van der Waals surface area contributed by atoms with Crippen molar-refractivity contribution in [2.45, 2.75) is 25.7 Å². The first-order valence-electron chi connectivity index (χ1n) is 7.42. The van der Waals surface area contributed by atoms with E-state index in [4.69, 9.17) is 5.84 Å². The maximum atomic E-state index is 13.1. The lowest BCUT2D eigenvalue weighted by Gasteiger charge is -2.25. The fraction of sp³-hybridized carbons (Fsp3) is 0.235. The summed E-state index contributed by atoms with van der Waals surface area (Å²) >= 11 is 0. The third kappa shape index (κ3) is 3.74. The molecule has 2 rings (SSSR count). The van der Waals surface area contributed by atoms with Crippen LogP contribution >= 0.6 is 0 Å². The summed E-state index contributed by atoms with van der Waals surface area (Å²) in [5, 5.41) is 0. The topological polar surface area (TPSA) is 92.5 Å². The first-order valence-corrected chi connectivity index (χ1v) is 8.86. The van der Waals surface area contributed by atoms with Crippen LogP contribution in [0.5, 0.6) is 0 Å². The van der Waals surface area contributed by atoms with Crippen molar-refractivity contribution in [1.29, 1.82) is 0 Å². The number of sulfonamides is 1. The molecule has 7 heteroatoms. The number of amides is 1. The molecule has 0 aliphatic carbocycles. The number of benzene rings is 2. The third-order valence-electron chi connectivity index (χ3n) is 3.69. The number of nitrogens with one attached hydrogen (secondary N) is 1. The third-order valence-corrected chi connectivity index (χ3v) is 5.46. The molecule has 3 N–H and O–H groups in total. The van der Waals surface area contributed by atoms with Crippen molar-refractivity contribution in [2.24, 2.45) is 5.84 Å². The van der Waals surface area contributed by atoms with E-state index >= 15 is 0 Å². The van der Waals surface area contributed by atoms with Crippen LogP contribution in [0, 0.1) is 20.8 Å². The van der Waals surface area contributed by atoms with E-state index in [1.807, 2.05) is 31.4 Å². The standard InChI is InChI=1S/C17H21N3O3S/c1-12-5-8-15(9-6-12)24(22,23)20(11-17(21)19-18)16-10-13(2)4-7-14(16)3/h4-10H,11,18H2,1-3H3,(H,19,21). The Morgan fingerprint density at radius 2 is 1.62 bits per heavy atom. The molecule has 0 radical (unpaired) electrons. The summed E-state index contributed by atoms with van der Waals surface area (Å²) in [5.74, 6) is 4.56. The lowest BCUT2D eigenvalue weighted by atomic mass is 10.1. The largest absolute Gasteiger partial charge is 0.293 e. The fourth-order valence-electron chi connectivity index (χ4n) is 2.30. The minimum absolute atomic E-state index is 0.124. The maximum absolute atomic E-state index is 13.1. The molecule has 0 saturated heterocycles. The van der Waals surface area contributed by atoms with Crippen molar-refractivity contribution in [1.82, 2.24) is 5.43 Å². The maximum Gasteiger partial charge on any atom is 0.264 e. The minimum Gasteiger partial charge on any atom is -0.293 e. The van der Waals surface area contributed by atoms with Crippen molar-refractivity contribution in [3.8, 4) is 0 Å². The average molecular weight is 347 g/mol. The second-order valence-electron chi connectivity index (χ2n) is 5.68. The lowest BCUT2D eigenvalue weighted by Crippen LogP contribution is -2.43. The van der Waals surface area contributed by atoms with Gasteiger partial charge in [0.15, 0.2) is 0 Å². The lowest BCUT2D eigenvalue weighted by molar-refractivity contribution is -0.119. The van der Waals surface area contributed by atoms with Gasteiger partial charge in [-0.3, -0.25) is 14.5 Å². The first-order chi connectivity index (χ1) is 11.3. The number of nitrogens with zero attached hydrogens (tertiary/aromatic N) is 1. The first kappa shape index (κ1) is 18.0. The number of carbonyl (C=O) groups excluding carboxylic acids is 1. The molecule has 128 valence electrons. The van der Waals surface area contributed by atoms with Gasteiger partial charge >= 0.3 is 0 Å². The summed E-state index contributed by atoms with van der Waals surface area (Å²) in [6.07, 6.45) is 0. The Bertz CT molecular complexity index is 846. The van der Waals surface area contributed by atoms with Crippen LogP contribution < -0.4 is 15.6 Å². The second-order valence-corrected chi connectivity index (χ2v) is 7.54. The predicted octanol–water partition coefficient (Wildman–Crippen LogP) is 1.80. The number of hydrazine groups is 1. The van der Waals surface area contributed by atoms with Gasteiger partial charge in [-0.25, -0.2) is 14.3 Å². The molecular weight excluding hydrogens is 326 g/mol. The van der Waals surface area contributed by atoms with E-state index in [-0.39, 0.29) is 4.90 Å². The van der Waals surface area contributed by atoms with Crippen molar-refractivity contribution >= 4 is 21.6 Å². The number of carbonyl (C=O) groups is 1. The van der Waals surface area contributed by atoms with Gasteiger partial charge in [0.25, 0.3) is 15.9 Å². The molecule has 24 heavy (non-hydrogen) atoms. The Morgan fingerprint density at radius 3 is 2.21 bits per heavy atom. The molecular formula is C17H21N3O3S. The Labute approximate surface area is 142 Å². The monoisotopic (exact) mass is 347 g/mol. The molecule has 0 aliphatic heterocycles. The summed E-state index contributed by atoms with van der Waals surface area (Å²) < 4.78 is 27.2. The van der Waals surface area contributed by atoms with Crippen molar-refractivity contribution in [2.75, 3.05) is 10.8 Å². The van der Waals surface area contributed by atoms with Crippen LogP contribution in [0.3, 0.4) is 0 Å². The zero-order valence-electron chi connectivity index (χ0n) is 13.9. The molecule has 2 aromatic rings. The van der Waals surface area contributed by atoms with E-state index in [1.165, 1.54) is 12.1 Å². The molecule has 6 nitrogen and oxygen atoms in total. The van der Waals surface area contributed by atoms with Crippen LogP contribution in [-0.4, -0.2) is 20.9 Å². The van der Waals surface area contributed by atoms with Crippen molar-refractivity contribution in [3.05, 3.63) is 59.2 Å². The van der Waals surface area contributed by atoms with Crippen molar-refractivity contribution < 1.29 is 13.2 Å². The van der Waals surface area contributed by atoms with Gasteiger partial charge in [0.1, 0.15) is 6.54 Å². The summed E-state index contributed by atoms with van der Waals surface area (Å²) in [6.45, 7) is 5.15. The van der Waals surface area contributed by atoms with Crippen LogP contribution in [0.2, 0.25) is 0 Å². The van der Waals surface area contributed by atoms with Gasteiger partial charge in [-0.2, -0.15) is 0 Å². The Balaban J connectivity index is 2.59. The van der Waals surface area contributed by atoms with Crippen LogP contribution in [0.1, 0.15) is 16.7 Å². The van der Waals surface area contributed by atoms with Gasteiger partial charge in [0.2, 0.25) is 0 Å². The van der Waals surface area contributed by atoms with E-state index in [0.717, 1.165) is 21.0 Å². The van der Waals surface area contributed by atoms with Crippen molar-refractivity contribution in [3.63, 3.8) is 0 Å². The van der Waals surface area contributed by atoms with Crippen LogP contribution in [0.15, 0.2) is 47.4 Å². The second kappa shape index (κ2) is 7.02. The number of nitrogens with two attached hydrogens (primary N) is 1. The molecule has 0 atom stereocenters. The number of anilines is 1. The number of rotatable bonds is 5. The number of hydrogen-bond donors (Lipinski definition) is 2. The van der Waals surface area contributed by atoms with Gasteiger partial charge in [-0.15, -0.1) is 0 Å². The fourth-order valence-corrected chi connectivity index (χ4v) is 3.78. The highest BCUT2D eigenvalue weighted by molar-refractivity contribution is 7.92. The van der Waals surface area contributed by atoms with E-state index in [2.05, 4.69) is 0 Å². The van der Waals surface area contributed by atoms with E-state index in [9.17, 15) is 13.2 Å². The molecule has 0 aliphatic rings. The zero-order chi connectivity index (χ0) is 17.9. The quantitative estimate of drug-likeness (QED) is 0.490. The highest BCUT2D eigenvalue weighted by Crippen LogP contribution is 2.27. The van der Waals surface area contributed by atoms with Gasteiger partial charge in [0.05, 0.1) is 10.6 Å². The van der Waals surface area contributed by atoms with Gasteiger partial charge < -0.3 is 0 Å². The van der Waals surface area contributed by atoms with Crippen LogP contribution in [-0.2, 0) is 14.8 Å². The minimum atomic E-state index is -3.90. The summed E-state index contributed by atoms with van der Waals surface area (Å²) in [7, 11) is -3.90. The summed E-state index contributed by atoms with van der Waals surface area (Å²) in [6, 6.07) is 12.0. The SMILES string of the molecule is Cc1ccc(S(=O)(=O)N(CC(=O)NN)c2cc(C)ccc2C)cc1. The number of aryl methyl sites for hydroxylation is 3. The Kier molecular flexibility index (Phi) is 5.26. The molecule has 2 aromatic carbocycles. The zero-order valence-corrected chi connectivity index (χ0v) is 14.7. The Morgan fingerprint density at radius 1 is 1.04 bits per heavy atom. The summed E-state index contributed by atoms with van der Waals surface area (Å²) in [5.41, 5.74) is 5.04. The highest BCUT2D eigenvalue weighted by atomic mass is 32.2. The molecule has 0 bridgehead atoms. The molecule has 0 spiro atoms. The predicted molar refractivity (Wildman–Crippen MR) is 94.0 cm³/mol. The normalized spacial score (nSPS) is 11.2. The van der Waals surface area contributed by atoms with Gasteiger partial charge in [0, 0.05) is 0 Å². The molecule has 0 aromatic heterocycles. The van der Waals surface area contributed by atoms with Gasteiger partial charge in [-0.1, -0.05) is 29.8 Å². The van der Waals surface area contributed by atoms with E-state index < -0.39 is 22.5 Å². The molecule has 0 fully saturated rings. The molecule has 1 amide bonds. The van der Waals surface area contributed by atoms with Crippen LogP contribution in [0.4, 0.5) is 5.69 Å². The molecule has 0 unspecified atom stereocenters.